The lowest BCUT2D eigenvalue weighted by molar-refractivity contribution is -0.205. The first-order valence-electron chi connectivity index (χ1n) is 6.55. The fraction of sp³-hybridized carbons (Fsp3) is 0.846. The van der Waals surface area contributed by atoms with Gasteiger partial charge in [0.1, 0.15) is 6.42 Å². The number of aliphatic carboxylic acids is 1. The zero-order valence-corrected chi connectivity index (χ0v) is 11.1. The highest BCUT2D eigenvalue weighted by molar-refractivity contribution is 5.90. The molecule has 0 aromatic heterocycles. The molecule has 18 heavy (non-hydrogen) atoms. The normalized spacial score (nSPS) is 18.6. The van der Waals surface area contributed by atoms with Crippen molar-refractivity contribution in [2.45, 2.75) is 64.8 Å². The Morgan fingerprint density at radius 2 is 1.83 bits per heavy atom. The van der Waals surface area contributed by atoms with Gasteiger partial charge in [-0.2, -0.15) is 0 Å². The molecule has 1 aliphatic rings. The van der Waals surface area contributed by atoms with Crippen molar-refractivity contribution in [2.24, 2.45) is 5.92 Å². The Morgan fingerprint density at radius 3 is 2.33 bits per heavy atom. The van der Waals surface area contributed by atoms with Crippen molar-refractivity contribution in [1.82, 2.24) is 0 Å². The van der Waals surface area contributed by atoms with E-state index >= 15 is 0 Å². The molecule has 1 saturated carbocycles. The van der Waals surface area contributed by atoms with E-state index in [-0.39, 0.29) is 12.0 Å². The molecular formula is C13H22O5. The number of rotatable bonds is 6. The average Bonchev–Trinajstić information content (AvgIpc) is 2.28. The molecule has 0 amide bonds. The van der Waals surface area contributed by atoms with E-state index in [1.807, 2.05) is 13.8 Å². The van der Waals surface area contributed by atoms with Crippen LogP contribution >= 0.6 is 0 Å². The molecule has 5 heteroatoms. The van der Waals surface area contributed by atoms with Gasteiger partial charge in [-0.3, -0.25) is 9.59 Å². The summed E-state index contributed by atoms with van der Waals surface area (Å²) in [4.78, 5) is 21.7. The number of ether oxygens (including phenoxy) is 2. The third-order valence-corrected chi connectivity index (χ3v) is 2.97. The highest BCUT2D eigenvalue weighted by atomic mass is 16.7. The van der Waals surface area contributed by atoms with Crippen LogP contribution in [-0.4, -0.2) is 29.4 Å². The second kappa shape index (κ2) is 7.36. The zero-order valence-electron chi connectivity index (χ0n) is 11.1. The predicted molar refractivity (Wildman–Crippen MR) is 64.9 cm³/mol. The van der Waals surface area contributed by atoms with Gasteiger partial charge in [0.2, 0.25) is 6.29 Å². The maximum absolute atomic E-state index is 11.3. The van der Waals surface area contributed by atoms with Gasteiger partial charge in [-0.15, -0.1) is 0 Å². The molecule has 0 aromatic rings. The van der Waals surface area contributed by atoms with Crippen LogP contribution < -0.4 is 0 Å². The topological polar surface area (TPSA) is 72.8 Å². The summed E-state index contributed by atoms with van der Waals surface area (Å²) in [5, 5.41) is 8.52. The Bertz CT molecular complexity index is 281. The van der Waals surface area contributed by atoms with E-state index in [9.17, 15) is 9.59 Å². The van der Waals surface area contributed by atoms with Crippen LogP contribution in [0, 0.1) is 5.92 Å². The zero-order chi connectivity index (χ0) is 13.5. The molecule has 1 atom stereocenters. The summed E-state index contributed by atoms with van der Waals surface area (Å²) >= 11 is 0. The minimum Gasteiger partial charge on any atom is -0.481 e. The first-order chi connectivity index (χ1) is 8.49. The van der Waals surface area contributed by atoms with Crippen molar-refractivity contribution >= 4 is 11.9 Å². The number of hydrogen-bond acceptors (Lipinski definition) is 4. The molecule has 0 aromatic carbocycles. The number of esters is 1. The van der Waals surface area contributed by atoms with Crippen molar-refractivity contribution in [2.75, 3.05) is 0 Å². The van der Waals surface area contributed by atoms with Gasteiger partial charge in [0, 0.05) is 5.92 Å². The van der Waals surface area contributed by atoms with E-state index in [4.69, 9.17) is 14.6 Å². The smallest absolute Gasteiger partial charge is 0.319 e. The SMILES string of the molecule is CC(C)C(OC(=O)CC(=O)O)OC1CCCCC1. The van der Waals surface area contributed by atoms with Crippen LogP contribution in [-0.2, 0) is 19.1 Å². The second-order valence-corrected chi connectivity index (χ2v) is 5.07. The number of carbonyl (C=O) groups is 2. The Labute approximate surface area is 107 Å². The molecule has 1 unspecified atom stereocenters. The molecule has 0 radical (unpaired) electrons. The lowest BCUT2D eigenvalue weighted by Gasteiger charge is -2.29. The number of carboxylic acids is 1. The Balaban J connectivity index is 2.43. The summed E-state index contributed by atoms with van der Waals surface area (Å²) < 4.78 is 10.9. The van der Waals surface area contributed by atoms with Crippen LogP contribution in [0.1, 0.15) is 52.4 Å². The van der Waals surface area contributed by atoms with E-state index in [0.717, 1.165) is 25.7 Å². The van der Waals surface area contributed by atoms with Crippen LogP contribution in [0.15, 0.2) is 0 Å². The molecule has 104 valence electrons. The van der Waals surface area contributed by atoms with Crippen molar-refractivity contribution in [3.05, 3.63) is 0 Å². The Hall–Kier alpha value is -1.10. The summed E-state index contributed by atoms with van der Waals surface area (Å²) in [5.74, 6) is -1.90. The molecule has 0 bridgehead atoms. The number of carbonyl (C=O) groups excluding carboxylic acids is 1. The molecule has 1 N–H and O–H groups in total. The van der Waals surface area contributed by atoms with Gasteiger partial charge in [0.15, 0.2) is 0 Å². The van der Waals surface area contributed by atoms with Crippen LogP contribution in [0.25, 0.3) is 0 Å². The third-order valence-electron chi connectivity index (χ3n) is 2.97. The Morgan fingerprint density at radius 1 is 1.22 bits per heavy atom. The minimum absolute atomic E-state index is 0.0182. The van der Waals surface area contributed by atoms with E-state index in [1.54, 1.807) is 0 Å². The van der Waals surface area contributed by atoms with Crippen LogP contribution in [0.2, 0.25) is 0 Å². The van der Waals surface area contributed by atoms with Crippen LogP contribution in [0.4, 0.5) is 0 Å². The van der Waals surface area contributed by atoms with Gasteiger partial charge in [-0.25, -0.2) is 0 Å². The number of carboxylic acid groups (broad SMARTS) is 1. The van der Waals surface area contributed by atoms with E-state index in [0.29, 0.717) is 0 Å². The molecule has 0 saturated heterocycles. The summed E-state index contributed by atoms with van der Waals surface area (Å²) in [5.41, 5.74) is 0. The van der Waals surface area contributed by atoms with Crippen molar-refractivity contribution < 1.29 is 24.2 Å². The third kappa shape index (κ3) is 5.49. The molecule has 0 aliphatic heterocycles. The van der Waals surface area contributed by atoms with Crippen molar-refractivity contribution in [3.63, 3.8) is 0 Å². The van der Waals surface area contributed by atoms with E-state index in [2.05, 4.69) is 0 Å². The molecule has 1 rings (SSSR count). The van der Waals surface area contributed by atoms with Gasteiger partial charge < -0.3 is 14.6 Å². The van der Waals surface area contributed by atoms with E-state index in [1.165, 1.54) is 6.42 Å². The largest absolute Gasteiger partial charge is 0.481 e. The number of hydrogen-bond donors (Lipinski definition) is 1. The van der Waals surface area contributed by atoms with Gasteiger partial charge in [0.25, 0.3) is 0 Å². The van der Waals surface area contributed by atoms with Crippen molar-refractivity contribution in [1.29, 1.82) is 0 Å². The van der Waals surface area contributed by atoms with Crippen molar-refractivity contribution in [3.8, 4) is 0 Å². The molecule has 1 fully saturated rings. The predicted octanol–water partition coefficient (Wildman–Crippen LogP) is 2.34. The van der Waals surface area contributed by atoms with Crippen LogP contribution in [0.3, 0.4) is 0 Å². The maximum Gasteiger partial charge on any atom is 0.319 e. The van der Waals surface area contributed by atoms with Gasteiger partial charge in [-0.1, -0.05) is 33.1 Å². The highest BCUT2D eigenvalue weighted by Gasteiger charge is 2.25. The van der Waals surface area contributed by atoms with Gasteiger partial charge in [-0.05, 0) is 12.8 Å². The first-order valence-corrected chi connectivity index (χ1v) is 6.55. The maximum atomic E-state index is 11.3. The molecule has 1 aliphatic carbocycles. The first kappa shape index (κ1) is 15.0. The Kier molecular flexibility index (Phi) is 6.12. The average molecular weight is 258 g/mol. The molecule has 5 nitrogen and oxygen atoms in total. The lowest BCUT2D eigenvalue weighted by Crippen LogP contribution is -2.32. The minimum atomic E-state index is -1.18. The molecule has 0 heterocycles. The second-order valence-electron chi connectivity index (χ2n) is 5.07. The monoisotopic (exact) mass is 258 g/mol. The summed E-state index contributed by atoms with van der Waals surface area (Å²) in [6, 6.07) is 0. The molecule has 0 spiro atoms. The summed E-state index contributed by atoms with van der Waals surface area (Å²) in [6.07, 6.45) is 4.35. The molecular weight excluding hydrogens is 236 g/mol. The lowest BCUT2D eigenvalue weighted by atomic mass is 9.97. The summed E-state index contributed by atoms with van der Waals surface area (Å²) in [7, 11) is 0. The van der Waals surface area contributed by atoms with Gasteiger partial charge in [0.05, 0.1) is 6.10 Å². The fourth-order valence-corrected chi connectivity index (χ4v) is 2.01. The summed E-state index contributed by atoms with van der Waals surface area (Å²) in [6.45, 7) is 3.78. The highest BCUT2D eigenvalue weighted by Crippen LogP contribution is 2.23. The standard InChI is InChI=1S/C13H22O5/c1-9(2)13(18-12(16)8-11(14)15)17-10-6-4-3-5-7-10/h9-10,13H,3-8H2,1-2H3,(H,14,15). The van der Waals surface area contributed by atoms with Gasteiger partial charge >= 0.3 is 11.9 Å². The fourth-order valence-electron chi connectivity index (χ4n) is 2.01. The van der Waals surface area contributed by atoms with E-state index < -0.39 is 24.6 Å². The quantitative estimate of drug-likeness (QED) is 0.449. The van der Waals surface area contributed by atoms with Crippen LogP contribution in [0.5, 0.6) is 0 Å².